The molecule has 0 spiro atoms. The van der Waals surface area contributed by atoms with Crippen LogP contribution in [0.15, 0.2) is 75.6 Å². The molecule has 1 aromatic heterocycles. The zero-order chi connectivity index (χ0) is 20.6. The molecule has 0 atom stereocenters. The Morgan fingerprint density at radius 2 is 1.79 bits per heavy atom. The number of carbonyl (C=O) groups is 3. The number of hydrazone groups is 1. The largest absolute Gasteiger partial charge is 0.422 e. The van der Waals surface area contributed by atoms with Crippen molar-refractivity contribution in [2.45, 2.75) is 0 Å². The van der Waals surface area contributed by atoms with Gasteiger partial charge >= 0.3 is 17.8 Å². The smallest absolute Gasteiger partial charge is 0.353 e. The van der Waals surface area contributed by atoms with Gasteiger partial charge in [0.1, 0.15) is 10.6 Å². The number of rotatable bonds is 5. The molecule has 2 amide bonds. The molecule has 0 aliphatic rings. The average Bonchev–Trinajstić information content (AvgIpc) is 3.25. The van der Waals surface area contributed by atoms with Gasteiger partial charge in [-0.3, -0.25) is 9.59 Å². The lowest BCUT2D eigenvalue weighted by Gasteiger charge is -2.04. The van der Waals surface area contributed by atoms with Crippen molar-refractivity contribution >= 4 is 57.0 Å². The van der Waals surface area contributed by atoms with Gasteiger partial charge in [0.15, 0.2) is 0 Å². The Morgan fingerprint density at radius 1 is 1.00 bits per heavy atom. The summed E-state index contributed by atoms with van der Waals surface area (Å²) >= 11 is 4.57. The molecule has 9 heteroatoms. The SMILES string of the molecule is O=C(NN=Cc1cccc(OC(=O)c2cccs2)c1)C(=O)Nc1ccc(Br)cc1. The van der Waals surface area contributed by atoms with E-state index in [0.717, 1.165) is 4.47 Å². The summed E-state index contributed by atoms with van der Waals surface area (Å²) in [5.74, 6) is -1.87. The fourth-order valence-electron chi connectivity index (χ4n) is 2.15. The van der Waals surface area contributed by atoms with Crippen molar-refractivity contribution < 1.29 is 19.1 Å². The number of esters is 1. The van der Waals surface area contributed by atoms with E-state index < -0.39 is 17.8 Å². The Labute approximate surface area is 178 Å². The van der Waals surface area contributed by atoms with Gasteiger partial charge in [-0.15, -0.1) is 11.3 Å². The third kappa shape index (κ3) is 6.09. The quantitative estimate of drug-likeness (QED) is 0.194. The molecular weight excluding hydrogens is 458 g/mol. The van der Waals surface area contributed by atoms with Crippen LogP contribution in [0.4, 0.5) is 5.69 Å². The van der Waals surface area contributed by atoms with Crippen molar-refractivity contribution in [3.63, 3.8) is 0 Å². The van der Waals surface area contributed by atoms with Crippen LogP contribution in [0.3, 0.4) is 0 Å². The lowest BCUT2D eigenvalue weighted by molar-refractivity contribution is -0.136. The average molecular weight is 472 g/mol. The zero-order valence-electron chi connectivity index (χ0n) is 14.8. The van der Waals surface area contributed by atoms with E-state index in [1.165, 1.54) is 17.6 Å². The van der Waals surface area contributed by atoms with Crippen LogP contribution in [0, 0.1) is 0 Å². The van der Waals surface area contributed by atoms with Gasteiger partial charge in [-0.2, -0.15) is 5.10 Å². The molecule has 0 bridgehead atoms. The molecule has 0 aliphatic heterocycles. The van der Waals surface area contributed by atoms with Gasteiger partial charge in [-0.05, 0) is 53.4 Å². The monoisotopic (exact) mass is 471 g/mol. The molecule has 2 N–H and O–H groups in total. The van der Waals surface area contributed by atoms with Crippen LogP contribution >= 0.6 is 27.3 Å². The minimum absolute atomic E-state index is 0.339. The second-order valence-electron chi connectivity index (χ2n) is 5.60. The van der Waals surface area contributed by atoms with Crippen LogP contribution in [0.25, 0.3) is 0 Å². The summed E-state index contributed by atoms with van der Waals surface area (Å²) < 4.78 is 6.15. The van der Waals surface area contributed by atoms with Crippen molar-refractivity contribution in [1.82, 2.24) is 5.43 Å². The highest BCUT2D eigenvalue weighted by Crippen LogP contribution is 2.17. The minimum Gasteiger partial charge on any atom is -0.422 e. The topological polar surface area (TPSA) is 96.9 Å². The molecule has 2 aromatic carbocycles. The highest BCUT2D eigenvalue weighted by molar-refractivity contribution is 9.10. The number of benzene rings is 2. The second kappa shape index (κ2) is 9.76. The fourth-order valence-corrected chi connectivity index (χ4v) is 3.01. The van der Waals surface area contributed by atoms with Crippen molar-refractivity contribution in [2.75, 3.05) is 5.32 Å². The number of anilines is 1. The number of nitrogens with zero attached hydrogens (tertiary/aromatic N) is 1. The first-order valence-corrected chi connectivity index (χ1v) is 9.94. The molecule has 0 aliphatic carbocycles. The number of nitrogens with one attached hydrogen (secondary N) is 2. The normalized spacial score (nSPS) is 10.5. The standard InChI is InChI=1S/C20H14BrN3O4S/c21-14-6-8-15(9-7-14)23-18(25)19(26)24-22-12-13-3-1-4-16(11-13)28-20(27)17-5-2-10-29-17/h1-12H,(H,23,25)(H,24,26). The maximum atomic E-state index is 12.0. The molecule has 0 fully saturated rings. The van der Waals surface area contributed by atoms with Crippen LogP contribution < -0.4 is 15.5 Å². The molecule has 3 aromatic rings. The highest BCUT2D eigenvalue weighted by Gasteiger charge is 2.13. The molecule has 29 heavy (non-hydrogen) atoms. The summed E-state index contributed by atoms with van der Waals surface area (Å²) in [6, 6.07) is 16.8. The molecule has 146 valence electrons. The van der Waals surface area contributed by atoms with E-state index in [9.17, 15) is 14.4 Å². The molecular formula is C20H14BrN3O4S. The first-order valence-electron chi connectivity index (χ1n) is 8.27. The van der Waals surface area contributed by atoms with E-state index in [1.54, 1.807) is 66.0 Å². The lowest BCUT2D eigenvalue weighted by atomic mass is 10.2. The number of thiophene rings is 1. The van der Waals surface area contributed by atoms with Crippen molar-refractivity contribution in [2.24, 2.45) is 5.10 Å². The summed E-state index contributed by atoms with van der Waals surface area (Å²) in [5, 5.41) is 8.00. The second-order valence-corrected chi connectivity index (χ2v) is 7.46. The Bertz CT molecular complexity index is 1050. The molecule has 0 radical (unpaired) electrons. The molecule has 7 nitrogen and oxygen atoms in total. The highest BCUT2D eigenvalue weighted by atomic mass is 79.9. The molecule has 3 rings (SSSR count). The number of ether oxygens (including phenoxy) is 1. The number of carbonyl (C=O) groups excluding carboxylic acids is 3. The third-order valence-corrected chi connectivity index (χ3v) is 4.86. The predicted molar refractivity (Wildman–Crippen MR) is 114 cm³/mol. The van der Waals surface area contributed by atoms with Gasteiger partial charge in [0.25, 0.3) is 0 Å². The zero-order valence-corrected chi connectivity index (χ0v) is 17.2. The Morgan fingerprint density at radius 3 is 2.52 bits per heavy atom. The maximum Gasteiger partial charge on any atom is 0.353 e. The third-order valence-electron chi connectivity index (χ3n) is 3.48. The summed E-state index contributed by atoms with van der Waals surface area (Å²) in [6.07, 6.45) is 1.34. The fraction of sp³-hybridized carbons (Fsp3) is 0. The van der Waals surface area contributed by atoms with E-state index in [2.05, 4.69) is 31.8 Å². The Kier molecular flexibility index (Phi) is 6.88. The molecule has 0 unspecified atom stereocenters. The van der Waals surface area contributed by atoms with Gasteiger partial charge in [-0.1, -0.05) is 34.1 Å². The van der Waals surface area contributed by atoms with Gasteiger partial charge in [0, 0.05) is 10.2 Å². The van der Waals surface area contributed by atoms with Crippen molar-refractivity contribution in [1.29, 1.82) is 0 Å². The van der Waals surface area contributed by atoms with Crippen LogP contribution in [0.5, 0.6) is 5.75 Å². The summed E-state index contributed by atoms with van der Waals surface area (Å²) in [7, 11) is 0. The first kappa shape index (κ1) is 20.4. The van der Waals surface area contributed by atoms with E-state index in [4.69, 9.17) is 4.74 Å². The van der Waals surface area contributed by atoms with Crippen molar-refractivity contribution in [3.05, 3.63) is 81.0 Å². The summed E-state index contributed by atoms with van der Waals surface area (Å²) in [6.45, 7) is 0. The van der Waals surface area contributed by atoms with E-state index in [0.29, 0.717) is 21.9 Å². The predicted octanol–water partition coefficient (Wildman–Crippen LogP) is 3.82. The molecule has 0 saturated carbocycles. The van der Waals surface area contributed by atoms with Crippen LogP contribution in [0.2, 0.25) is 0 Å². The number of hydrogen-bond acceptors (Lipinski definition) is 6. The number of halogens is 1. The van der Waals surface area contributed by atoms with Crippen LogP contribution in [-0.2, 0) is 9.59 Å². The van der Waals surface area contributed by atoms with E-state index in [1.807, 2.05) is 0 Å². The Hall–Kier alpha value is -3.30. The van der Waals surface area contributed by atoms with Gasteiger partial charge in [0.05, 0.1) is 6.21 Å². The molecule has 1 heterocycles. The first-order chi connectivity index (χ1) is 14.0. The number of amides is 2. The summed E-state index contributed by atoms with van der Waals surface area (Å²) in [4.78, 5) is 36.2. The van der Waals surface area contributed by atoms with Gasteiger partial charge in [0.2, 0.25) is 0 Å². The Balaban J connectivity index is 1.54. The lowest BCUT2D eigenvalue weighted by Crippen LogP contribution is -2.32. The maximum absolute atomic E-state index is 12.0. The van der Waals surface area contributed by atoms with E-state index in [-0.39, 0.29) is 0 Å². The van der Waals surface area contributed by atoms with Crippen LogP contribution in [-0.4, -0.2) is 24.0 Å². The number of hydrogen-bond donors (Lipinski definition) is 2. The molecule has 0 saturated heterocycles. The van der Waals surface area contributed by atoms with Gasteiger partial charge < -0.3 is 10.1 Å². The summed E-state index contributed by atoms with van der Waals surface area (Å²) in [5.41, 5.74) is 3.21. The van der Waals surface area contributed by atoms with Crippen molar-refractivity contribution in [3.8, 4) is 5.75 Å². The van der Waals surface area contributed by atoms with Crippen LogP contribution in [0.1, 0.15) is 15.2 Å². The van der Waals surface area contributed by atoms with E-state index >= 15 is 0 Å². The minimum atomic E-state index is -0.913. The van der Waals surface area contributed by atoms with Gasteiger partial charge in [-0.25, -0.2) is 10.2 Å².